The van der Waals surface area contributed by atoms with Crippen LogP contribution in [-0.4, -0.2) is 13.7 Å². The Morgan fingerprint density at radius 1 is 1.05 bits per heavy atom. The molecule has 0 fully saturated rings. The highest BCUT2D eigenvalue weighted by molar-refractivity contribution is 5.42. The lowest BCUT2D eigenvalue weighted by molar-refractivity contribution is -0.0498. The van der Waals surface area contributed by atoms with Crippen molar-refractivity contribution in [2.75, 3.05) is 7.11 Å². The van der Waals surface area contributed by atoms with Crippen LogP contribution in [0.5, 0.6) is 11.5 Å². The minimum atomic E-state index is -2.88. The maximum atomic E-state index is 13.4. The normalized spacial score (nSPS) is 12.3. The van der Waals surface area contributed by atoms with Crippen LogP contribution in [0.25, 0.3) is 0 Å². The Morgan fingerprint density at radius 2 is 1.71 bits per heavy atom. The van der Waals surface area contributed by atoms with Crippen molar-refractivity contribution in [3.05, 3.63) is 59.4 Å². The van der Waals surface area contributed by atoms with Crippen LogP contribution in [-0.2, 0) is 0 Å². The van der Waals surface area contributed by atoms with Crippen molar-refractivity contribution in [1.82, 2.24) is 0 Å². The van der Waals surface area contributed by atoms with Crippen molar-refractivity contribution >= 4 is 0 Å². The van der Waals surface area contributed by atoms with Gasteiger partial charge in [0, 0.05) is 5.56 Å². The minimum Gasteiger partial charge on any atom is -0.496 e. The summed E-state index contributed by atoms with van der Waals surface area (Å²) in [6.45, 7) is -2.88. The number of hydrogen-bond acceptors (Lipinski definition) is 3. The maximum absolute atomic E-state index is 13.4. The first-order valence-corrected chi connectivity index (χ1v) is 6.15. The van der Waals surface area contributed by atoms with Gasteiger partial charge >= 0.3 is 6.61 Å². The zero-order valence-electron chi connectivity index (χ0n) is 11.2. The van der Waals surface area contributed by atoms with E-state index in [1.807, 2.05) is 0 Å². The van der Waals surface area contributed by atoms with Gasteiger partial charge in [-0.2, -0.15) is 8.78 Å². The zero-order valence-corrected chi connectivity index (χ0v) is 11.2. The Kier molecular flexibility index (Phi) is 4.70. The van der Waals surface area contributed by atoms with Crippen LogP contribution in [0.1, 0.15) is 17.2 Å². The first-order chi connectivity index (χ1) is 10.0. The highest BCUT2D eigenvalue weighted by Crippen LogP contribution is 2.30. The Hall–Kier alpha value is -2.21. The Balaban J connectivity index is 2.27. The van der Waals surface area contributed by atoms with Crippen molar-refractivity contribution in [2.45, 2.75) is 12.7 Å². The molecule has 2 aromatic carbocycles. The zero-order chi connectivity index (χ0) is 15.4. The van der Waals surface area contributed by atoms with Gasteiger partial charge in [-0.15, -0.1) is 0 Å². The number of halogens is 3. The van der Waals surface area contributed by atoms with E-state index in [0.717, 1.165) is 0 Å². The van der Waals surface area contributed by atoms with Crippen molar-refractivity contribution in [3.8, 4) is 11.5 Å². The molecule has 3 nitrogen and oxygen atoms in total. The van der Waals surface area contributed by atoms with E-state index in [1.54, 1.807) is 12.1 Å². The van der Waals surface area contributed by atoms with Crippen LogP contribution in [0, 0.1) is 5.82 Å². The third-order valence-corrected chi connectivity index (χ3v) is 2.99. The second-order valence-corrected chi connectivity index (χ2v) is 4.31. The molecule has 0 aliphatic rings. The fourth-order valence-electron chi connectivity index (χ4n) is 1.98. The van der Waals surface area contributed by atoms with Crippen LogP contribution in [0.15, 0.2) is 42.5 Å². The van der Waals surface area contributed by atoms with Gasteiger partial charge in [0.2, 0.25) is 0 Å². The van der Waals surface area contributed by atoms with Crippen LogP contribution in [0.2, 0.25) is 0 Å². The molecule has 112 valence electrons. The highest BCUT2D eigenvalue weighted by Gasteiger charge is 2.15. The third kappa shape index (κ3) is 3.66. The summed E-state index contributed by atoms with van der Waals surface area (Å²) >= 11 is 0. The smallest absolute Gasteiger partial charge is 0.387 e. The predicted octanol–water partition coefficient (Wildman–Crippen LogP) is 3.48. The van der Waals surface area contributed by atoms with E-state index < -0.39 is 18.5 Å². The summed E-state index contributed by atoms with van der Waals surface area (Å²) in [5.74, 6) is 0.0582. The third-order valence-electron chi connectivity index (χ3n) is 2.99. The van der Waals surface area contributed by atoms with Crippen LogP contribution in [0.4, 0.5) is 13.2 Å². The van der Waals surface area contributed by atoms with Crippen molar-refractivity contribution in [2.24, 2.45) is 5.73 Å². The van der Waals surface area contributed by atoms with Gasteiger partial charge in [-0.05, 0) is 35.9 Å². The van der Waals surface area contributed by atoms with E-state index in [9.17, 15) is 13.2 Å². The first-order valence-electron chi connectivity index (χ1n) is 6.15. The molecule has 0 saturated carbocycles. The molecule has 0 bridgehead atoms. The monoisotopic (exact) mass is 297 g/mol. The maximum Gasteiger partial charge on any atom is 0.387 e. The summed E-state index contributed by atoms with van der Waals surface area (Å²) < 4.78 is 46.9. The lowest BCUT2D eigenvalue weighted by Crippen LogP contribution is -2.13. The summed E-state index contributed by atoms with van der Waals surface area (Å²) in [5, 5.41) is 0. The molecule has 0 radical (unpaired) electrons. The number of nitrogens with two attached hydrogens (primary N) is 1. The second kappa shape index (κ2) is 6.49. The summed E-state index contributed by atoms with van der Waals surface area (Å²) in [5.41, 5.74) is 7.17. The fraction of sp³-hybridized carbons (Fsp3) is 0.200. The standard InChI is InChI=1S/C15H14F3NO2/c1-20-13-7-4-10(16)8-12(13)14(19)9-2-5-11(6-3-9)21-15(17)18/h2-8,14-15H,19H2,1H3. The molecule has 0 heterocycles. The highest BCUT2D eigenvalue weighted by atomic mass is 19.3. The van der Waals surface area contributed by atoms with Gasteiger partial charge in [0.15, 0.2) is 0 Å². The number of methoxy groups -OCH3 is 1. The summed E-state index contributed by atoms with van der Waals surface area (Å²) in [6.07, 6.45) is 0. The van der Waals surface area contributed by atoms with Crippen LogP contribution in [0.3, 0.4) is 0 Å². The van der Waals surface area contributed by atoms with E-state index >= 15 is 0 Å². The van der Waals surface area contributed by atoms with E-state index in [2.05, 4.69) is 4.74 Å². The number of hydrogen-bond donors (Lipinski definition) is 1. The molecule has 0 aromatic heterocycles. The van der Waals surface area contributed by atoms with Gasteiger partial charge in [0.1, 0.15) is 17.3 Å². The average Bonchev–Trinajstić information content (AvgIpc) is 2.46. The van der Waals surface area contributed by atoms with Gasteiger partial charge in [-0.25, -0.2) is 4.39 Å². The van der Waals surface area contributed by atoms with Crippen molar-refractivity contribution < 1.29 is 22.6 Å². The van der Waals surface area contributed by atoms with E-state index in [4.69, 9.17) is 10.5 Å². The summed E-state index contributed by atoms with van der Waals surface area (Å²) in [4.78, 5) is 0. The number of alkyl halides is 2. The molecule has 21 heavy (non-hydrogen) atoms. The molecule has 2 rings (SSSR count). The van der Waals surface area contributed by atoms with Gasteiger partial charge in [0.25, 0.3) is 0 Å². The number of ether oxygens (including phenoxy) is 2. The molecule has 0 spiro atoms. The number of benzene rings is 2. The molecule has 2 N–H and O–H groups in total. The second-order valence-electron chi connectivity index (χ2n) is 4.31. The SMILES string of the molecule is COc1ccc(F)cc1C(N)c1ccc(OC(F)F)cc1. The molecule has 0 amide bonds. The van der Waals surface area contributed by atoms with Crippen molar-refractivity contribution in [1.29, 1.82) is 0 Å². The molecule has 1 atom stereocenters. The Morgan fingerprint density at radius 3 is 2.29 bits per heavy atom. The molecule has 2 aromatic rings. The van der Waals surface area contributed by atoms with Crippen molar-refractivity contribution in [3.63, 3.8) is 0 Å². The summed E-state index contributed by atoms with van der Waals surface area (Å²) in [6, 6.07) is 9.26. The molecule has 0 saturated heterocycles. The van der Waals surface area contributed by atoms with Gasteiger partial charge in [-0.1, -0.05) is 12.1 Å². The van der Waals surface area contributed by atoms with E-state index in [0.29, 0.717) is 16.9 Å². The molecule has 1 unspecified atom stereocenters. The Bertz CT molecular complexity index is 602. The van der Waals surface area contributed by atoms with Gasteiger partial charge in [0.05, 0.1) is 13.2 Å². The number of rotatable bonds is 5. The quantitative estimate of drug-likeness (QED) is 0.919. The fourth-order valence-corrected chi connectivity index (χ4v) is 1.98. The first kappa shape index (κ1) is 15.2. The topological polar surface area (TPSA) is 44.5 Å². The van der Waals surface area contributed by atoms with E-state index in [1.165, 1.54) is 37.4 Å². The van der Waals surface area contributed by atoms with Gasteiger partial charge < -0.3 is 15.2 Å². The summed E-state index contributed by atoms with van der Waals surface area (Å²) in [7, 11) is 1.46. The molecular weight excluding hydrogens is 283 g/mol. The minimum absolute atomic E-state index is 0.0344. The lowest BCUT2D eigenvalue weighted by atomic mass is 9.98. The van der Waals surface area contributed by atoms with E-state index in [-0.39, 0.29) is 5.75 Å². The molecule has 0 aliphatic carbocycles. The Labute approximate surface area is 120 Å². The molecule has 6 heteroatoms. The molecule has 0 aliphatic heterocycles. The lowest BCUT2D eigenvalue weighted by Gasteiger charge is -2.16. The van der Waals surface area contributed by atoms with Gasteiger partial charge in [-0.3, -0.25) is 0 Å². The predicted molar refractivity (Wildman–Crippen MR) is 72.1 cm³/mol. The average molecular weight is 297 g/mol. The van der Waals surface area contributed by atoms with Crippen LogP contribution < -0.4 is 15.2 Å². The van der Waals surface area contributed by atoms with Crippen LogP contribution >= 0.6 is 0 Å². The largest absolute Gasteiger partial charge is 0.496 e. The molecular formula is C15H14F3NO2.